The first-order valence-electron chi connectivity index (χ1n) is 4.05. The van der Waals surface area contributed by atoms with Gasteiger partial charge in [-0.1, -0.05) is 0 Å². The van der Waals surface area contributed by atoms with E-state index >= 15 is 0 Å². The van der Waals surface area contributed by atoms with E-state index in [0.717, 1.165) is 4.68 Å². The summed E-state index contributed by atoms with van der Waals surface area (Å²) in [4.78, 5) is 0. The maximum absolute atomic E-state index is 12.1. The van der Waals surface area contributed by atoms with Crippen LogP contribution in [0.3, 0.4) is 0 Å². The molecule has 0 aliphatic carbocycles. The van der Waals surface area contributed by atoms with Crippen LogP contribution in [0.15, 0.2) is 12.3 Å². The summed E-state index contributed by atoms with van der Waals surface area (Å²) in [5, 5.41) is 3.59. The van der Waals surface area contributed by atoms with Crippen molar-refractivity contribution in [3.8, 4) is 0 Å². The van der Waals surface area contributed by atoms with Gasteiger partial charge in [0.25, 0.3) is 0 Å². The van der Waals surface area contributed by atoms with Crippen LogP contribution in [0.4, 0.5) is 13.2 Å². The smallest absolute Gasteiger partial charge is 0.375 e. The molecule has 0 bridgehead atoms. The lowest BCUT2D eigenvalue weighted by Gasteiger charge is -2.13. The maximum Gasteiger partial charge on any atom is 0.408 e. The molecular formula is C8H11F3N2O. The Hall–Kier alpha value is -1.04. The number of rotatable bonds is 3. The molecule has 0 aliphatic rings. The van der Waals surface area contributed by atoms with E-state index in [1.165, 1.54) is 19.4 Å². The van der Waals surface area contributed by atoms with Crippen molar-refractivity contribution in [3.63, 3.8) is 0 Å². The summed E-state index contributed by atoms with van der Waals surface area (Å²) in [6, 6.07) is 1.51. The number of hydrogen-bond donors (Lipinski definition) is 0. The first-order chi connectivity index (χ1) is 6.44. The van der Waals surface area contributed by atoms with Crippen LogP contribution in [-0.2, 0) is 11.3 Å². The number of methoxy groups -OCH3 is 1. The predicted molar refractivity (Wildman–Crippen MR) is 43.7 cm³/mol. The molecule has 1 aromatic rings. The standard InChI is InChI=1S/C8H11F3N2O/c1-6(14-2)7-3-4-12-13(7)5-8(9,10)11/h3-4,6H,5H2,1-2H3. The van der Waals surface area contributed by atoms with Crippen LogP contribution in [-0.4, -0.2) is 23.1 Å². The fourth-order valence-electron chi connectivity index (χ4n) is 1.11. The lowest BCUT2D eigenvalue weighted by Crippen LogP contribution is -2.21. The van der Waals surface area contributed by atoms with Crippen molar-refractivity contribution in [3.05, 3.63) is 18.0 Å². The van der Waals surface area contributed by atoms with Gasteiger partial charge in [0.15, 0.2) is 0 Å². The number of aromatic nitrogens is 2. The number of alkyl halides is 3. The van der Waals surface area contributed by atoms with Crippen LogP contribution in [0.25, 0.3) is 0 Å². The lowest BCUT2D eigenvalue weighted by atomic mass is 10.3. The number of ether oxygens (including phenoxy) is 1. The van der Waals surface area contributed by atoms with E-state index in [0.29, 0.717) is 5.69 Å². The zero-order valence-electron chi connectivity index (χ0n) is 7.88. The van der Waals surface area contributed by atoms with Gasteiger partial charge in [-0.05, 0) is 13.0 Å². The van der Waals surface area contributed by atoms with Gasteiger partial charge >= 0.3 is 6.18 Å². The highest BCUT2D eigenvalue weighted by Crippen LogP contribution is 2.21. The van der Waals surface area contributed by atoms with Gasteiger partial charge in [-0.25, -0.2) is 0 Å². The van der Waals surface area contributed by atoms with Gasteiger partial charge in [0.1, 0.15) is 6.54 Å². The van der Waals surface area contributed by atoms with Crippen molar-refractivity contribution in [2.75, 3.05) is 7.11 Å². The highest BCUT2D eigenvalue weighted by atomic mass is 19.4. The maximum atomic E-state index is 12.1. The summed E-state index contributed by atoms with van der Waals surface area (Å²) < 4.78 is 42.0. The fraction of sp³-hybridized carbons (Fsp3) is 0.625. The molecule has 0 saturated heterocycles. The molecule has 0 saturated carbocycles. The molecule has 0 fully saturated rings. The Morgan fingerprint density at radius 3 is 2.71 bits per heavy atom. The molecule has 3 nitrogen and oxygen atoms in total. The fourth-order valence-corrected chi connectivity index (χ4v) is 1.11. The zero-order chi connectivity index (χ0) is 10.8. The molecule has 1 heterocycles. The molecule has 0 aromatic carbocycles. The SMILES string of the molecule is COC(C)c1ccnn1CC(F)(F)F. The average Bonchev–Trinajstić information content (AvgIpc) is 2.48. The molecule has 0 N–H and O–H groups in total. The van der Waals surface area contributed by atoms with Crippen LogP contribution in [0.2, 0.25) is 0 Å². The normalized spacial score (nSPS) is 14.4. The molecular weight excluding hydrogens is 197 g/mol. The Balaban J connectivity index is 2.82. The van der Waals surface area contributed by atoms with Crippen molar-refractivity contribution in [2.24, 2.45) is 0 Å². The third-order valence-electron chi connectivity index (χ3n) is 1.85. The Bertz CT molecular complexity index is 295. The topological polar surface area (TPSA) is 27.1 Å². The zero-order valence-corrected chi connectivity index (χ0v) is 7.88. The first-order valence-corrected chi connectivity index (χ1v) is 4.05. The van der Waals surface area contributed by atoms with Gasteiger partial charge in [0, 0.05) is 13.3 Å². The second-order valence-corrected chi connectivity index (χ2v) is 2.91. The molecule has 14 heavy (non-hydrogen) atoms. The Labute approximate surface area is 79.5 Å². The third kappa shape index (κ3) is 2.73. The molecule has 1 aromatic heterocycles. The summed E-state index contributed by atoms with van der Waals surface area (Å²) in [6.45, 7) is 0.590. The highest BCUT2D eigenvalue weighted by Gasteiger charge is 2.29. The minimum atomic E-state index is -4.26. The van der Waals surface area contributed by atoms with E-state index in [1.54, 1.807) is 6.92 Å². The molecule has 80 valence electrons. The highest BCUT2D eigenvalue weighted by molar-refractivity contribution is 5.03. The van der Waals surface area contributed by atoms with Crippen molar-refractivity contribution in [2.45, 2.75) is 25.7 Å². The largest absolute Gasteiger partial charge is 0.408 e. The molecule has 0 spiro atoms. The third-order valence-corrected chi connectivity index (χ3v) is 1.85. The number of halogens is 3. The van der Waals surface area contributed by atoms with E-state index in [-0.39, 0.29) is 6.10 Å². The van der Waals surface area contributed by atoms with E-state index < -0.39 is 12.7 Å². The van der Waals surface area contributed by atoms with Crippen LogP contribution in [0.5, 0.6) is 0 Å². The van der Waals surface area contributed by atoms with Crippen LogP contribution in [0, 0.1) is 0 Å². The second kappa shape index (κ2) is 4.00. The second-order valence-electron chi connectivity index (χ2n) is 2.91. The minimum absolute atomic E-state index is 0.389. The number of nitrogens with zero attached hydrogens (tertiary/aromatic N) is 2. The molecule has 1 atom stereocenters. The van der Waals surface area contributed by atoms with Gasteiger partial charge in [-0.15, -0.1) is 0 Å². The van der Waals surface area contributed by atoms with Crippen LogP contribution >= 0.6 is 0 Å². The van der Waals surface area contributed by atoms with Crippen LogP contribution in [0.1, 0.15) is 18.7 Å². The molecule has 6 heteroatoms. The van der Waals surface area contributed by atoms with Gasteiger partial charge < -0.3 is 4.74 Å². The van der Waals surface area contributed by atoms with Crippen molar-refractivity contribution in [1.29, 1.82) is 0 Å². The Morgan fingerprint density at radius 1 is 1.57 bits per heavy atom. The summed E-state index contributed by atoms with van der Waals surface area (Å²) in [7, 11) is 1.44. The Morgan fingerprint density at radius 2 is 2.21 bits per heavy atom. The van der Waals surface area contributed by atoms with Gasteiger partial charge in [-0.3, -0.25) is 4.68 Å². The Kier molecular flexibility index (Phi) is 3.15. The summed E-state index contributed by atoms with van der Waals surface area (Å²) in [5.41, 5.74) is 0.421. The van der Waals surface area contributed by atoms with Gasteiger partial charge in [0.2, 0.25) is 0 Å². The van der Waals surface area contributed by atoms with E-state index in [9.17, 15) is 13.2 Å². The molecule has 1 rings (SSSR count). The molecule has 0 aliphatic heterocycles. The predicted octanol–water partition coefficient (Wildman–Crippen LogP) is 2.15. The minimum Gasteiger partial charge on any atom is -0.375 e. The first kappa shape index (κ1) is 11.0. The van der Waals surface area contributed by atoms with Crippen molar-refractivity contribution >= 4 is 0 Å². The van der Waals surface area contributed by atoms with Crippen LogP contribution < -0.4 is 0 Å². The average molecular weight is 208 g/mol. The van der Waals surface area contributed by atoms with E-state index in [4.69, 9.17) is 4.74 Å². The lowest BCUT2D eigenvalue weighted by molar-refractivity contribution is -0.143. The summed E-state index contributed by atoms with van der Waals surface area (Å²) in [6.07, 6.45) is -3.31. The number of hydrogen-bond acceptors (Lipinski definition) is 2. The monoisotopic (exact) mass is 208 g/mol. The van der Waals surface area contributed by atoms with Crippen molar-refractivity contribution < 1.29 is 17.9 Å². The molecule has 0 radical (unpaired) electrons. The van der Waals surface area contributed by atoms with Gasteiger partial charge in [-0.2, -0.15) is 18.3 Å². The van der Waals surface area contributed by atoms with Crippen molar-refractivity contribution in [1.82, 2.24) is 9.78 Å². The van der Waals surface area contributed by atoms with E-state index in [2.05, 4.69) is 5.10 Å². The van der Waals surface area contributed by atoms with E-state index in [1.807, 2.05) is 0 Å². The summed E-state index contributed by atoms with van der Waals surface area (Å²) >= 11 is 0. The van der Waals surface area contributed by atoms with Gasteiger partial charge in [0.05, 0.1) is 11.8 Å². The molecule has 0 amide bonds. The summed E-state index contributed by atoms with van der Waals surface area (Å²) in [5.74, 6) is 0. The molecule has 1 unspecified atom stereocenters. The quantitative estimate of drug-likeness (QED) is 0.761.